The van der Waals surface area contributed by atoms with Crippen LogP contribution in [-0.2, 0) is 16.0 Å². The van der Waals surface area contributed by atoms with Crippen LogP contribution in [0.5, 0.6) is 5.75 Å². The Bertz CT molecular complexity index is 512. The second-order valence-electron chi connectivity index (χ2n) is 5.58. The number of amides is 1. The van der Waals surface area contributed by atoms with Crippen molar-refractivity contribution >= 4 is 11.9 Å². The van der Waals surface area contributed by atoms with E-state index in [4.69, 9.17) is 9.84 Å². The summed E-state index contributed by atoms with van der Waals surface area (Å²) in [7, 11) is 0. The molecule has 1 amide bonds. The first kappa shape index (κ1) is 16.3. The van der Waals surface area contributed by atoms with Gasteiger partial charge in [-0.2, -0.15) is 0 Å². The second kappa shape index (κ2) is 7.82. The Morgan fingerprint density at radius 1 is 1.32 bits per heavy atom. The molecule has 0 aliphatic carbocycles. The first-order chi connectivity index (χ1) is 10.6. The molecule has 22 heavy (non-hydrogen) atoms. The van der Waals surface area contributed by atoms with E-state index in [0.29, 0.717) is 32.4 Å². The fourth-order valence-corrected chi connectivity index (χ4v) is 2.69. The van der Waals surface area contributed by atoms with Crippen LogP contribution in [0.4, 0.5) is 0 Å². The Balaban J connectivity index is 1.84. The number of rotatable bonds is 7. The molecule has 1 aromatic rings. The molecule has 5 heteroatoms. The van der Waals surface area contributed by atoms with E-state index in [1.54, 1.807) is 0 Å². The summed E-state index contributed by atoms with van der Waals surface area (Å²) in [5.74, 6) is -0.137. The standard InChI is InChI=1S/C17H23NO4/c1-2-12-22-14-8-5-13(6-9-14)7-10-16(19)18-11-3-4-15(18)17(20)21/h5-6,8-9,15H,2-4,7,10-12H2,1H3,(H,20,21). The molecule has 0 bridgehead atoms. The minimum absolute atomic E-state index is 0.0730. The predicted octanol–water partition coefficient (Wildman–Crippen LogP) is 2.48. The van der Waals surface area contributed by atoms with E-state index < -0.39 is 12.0 Å². The van der Waals surface area contributed by atoms with Gasteiger partial charge in [0, 0.05) is 13.0 Å². The van der Waals surface area contributed by atoms with E-state index in [-0.39, 0.29) is 5.91 Å². The number of carbonyl (C=O) groups is 2. The quantitative estimate of drug-likeness (QED) is 0.840. The van der Waals surface area contributed by atoms with Crippen LogP contribution < -0.4 is 4.74 Å². The number of carboxylic acid groups (broad SMARTS) is 1. The Hall–Kier alpha value is -2.04. The van der Waals surface area contributed by atoms with Gasteiger partial charge in [-0.05, 0) is 43.4 Å². The molecule has 5 nitrogen and oxygen atoms in total. The lowest BCUT2D eigenvalue weighted by Crippen LogP contribution is -2.40. The molecule has 1 fully saturated rings. The van der Waals surface area contributed by atoms with Crippen LogP contribution in [0.1, 0.15) is 38.2 Å². The number of likely N-dealkylation sites (tertiary alicyclic amines) is 1. The molecule has 1 aliphatic rings. The van der Waals surface area contributed by atoms with Crippen LogP contribution in [0.3, 0.4) is 0 Å². The zero-order valence-electron chi connectivity index (χ0n) is 13.0. The maximum Gasteiger partial charge on any atom is 0.326 e. The summed E-state index contributed by atoms with van der Waals surface area (Å²) in [6, 6.07) is 7.09. The van der Waals surface area contributed by atoms with E-state index in [1.807, 2.05) is 24.3 Å². The second-order valence-corrected chi connectivity index (χ2v) is 5.58. The molecule has 1 saturated heterocycles. The van der Waals surface area contributed by atoms with Crippen molar-refractivity contribution in [2.45, 2.75) is 45.1 Å². The number of aryl methyl sites for hydroxylation is 1. The number of hydrogen-bond donors (Lipinski definition) is 1. The molecule has 1 heterocycles. The van der Waals surface area contributed by atoms with Gasteiger partial charge in [-0.15, -0.1) is 0 Å². The topological polar surface area (TPSA) is 66.8 Å². The van der Waals surface area contributed by atoms with Crippen molar-refractivity contribution in [1.82, 2.24) is 4.90 Å². The van der Waals surface area contributed by atoms with Crippen LogP contribution >= 0.6 is 0 Å². The largest absolute Gasteiger partial charge is 0.494 e. The summed E-state index contributed by atoms with van der Waals surface area (Å²) in [5, 5.41) is 9.11. The van der Waals surface area contributed by atoms with Gasteiger partial charge in [0.25, 0.3) is 0 Å². The maximum atomic E-state index is 12.2. The summed E-state index contributed by atoms with van der Waals surface area (Å²) in [6.45, 7) is 3.31. The molecule has 1 aromatic carbocycles. The number of hydrogen-bond acceptors (Lipinski definition) is 3. The van der Waals surface area contributed by atoms with Crippen LogP contribution in [-0.4, -0.2) is 41.1 Å². The molecular formula is C17H23NO4. The normalized spacial score (nSPS) is 17.5. The SMILES string of the molecule is CCCOc1ccc(CCC(=O)N2CCCC2C(=O)O)cc1. The van der Waals surface area contributed by atoms with E-state index >= 15 is 0 Å². The third-order valence-corrected chi connectivity index (χ3v) is 3.88. The van der Waals surface area contributed by atoms with Crippen molar-refractivity contribution in [2.24, 2.45) is 0 Å². The first-order valence-corrected chi connectivity index (χ1v) is 7.86. The highest BCUT2D eigenvalue weighted by Gasteiger charge is 2.33. The summed E-state index contributed by atoms with van der Waals surface area (Å²) >= 11 is 0. The Morgan fingerprint density at radius 3 is 2.68 bits per heavy atom. The van der Waals surface area contributed by atoms with Gasteiger partial charge in [-0.25, -0.2) is 4.79 Å². The van der Waals surface area contributed by atoms with Gasteiger partial charge in [0.05, 0.1) is 6.61 Å². The molecule has 1 aliphatic heterocycles. The highest BCUT2D eigenvalue weighted by Crippen LogP contribution is 2.20. The number of benzene rings is 1. The summed E-state index contributed by atoms with van der Waals surface area (Å²) in [5.41, 5.74) is 1.06. The molecule has 0 radical (unpaired) electrons. The van der Waals surface area contributed by atoms with E-state index in [9.17, 15) is 9.59 Å². The van der Waals surface area contributed by atoms with Crippen LogP contribution in [0.15, 0.2) is 24.3 Å². The fraction of sp³-hybridized carbons (Fsp3) is 0.529. The Morgan fingerprint density at radius 2 is 2.05 bits per heavy atom. The lowest BCUT2D eigenvalue weighted by atomic mass is 10.1. The third kappa shape index (κ3) is 4.23. The highest BCUT2D eigenvalue weighted by molar-refractivity contribution is 5.84. The number of carboxylic acids is 1. The minimum atomic E-state index is -0.900. The third-order valence-electron chi connectivity index (χ3n) is 3.88. The molecule has 0 aromatic heterocycles. The van der Waals surface area contributed by atoms with Crippen molar-refractivity contribution in [2.75, 3.05) is 13.2 Å². The molecule has 1 atom stereocenters. The van der Waals surface area contributed by atoms with Gasteiger partial charge in [0.1, 0.15) is 11.8 Å². The van der Waals surface area contributed by atoms with E-state index in [1.165, 1.54) is 4.90 Å². The van der Waals surface area contributed by atoms with Crippen LogP contribution in [0.2, 0.25) is 0 Å². The average molecular weight is 305 g/mol. The number of carbonyl (C=O) groups excluding carboxylic acids is 1. The maximum absolute atomic E-state index is 12.2. The minimum Gasteiger partial charge on any atom is -0.494 e. The van der Waals surface area contributed by atoms with Crippen molar-refractivity contribution < 1.29 is 19.4 Å². The fourth-order valence-electron chi connectivity index (χ4n) is 2.69. The Kier molecular flexibility index (Phi) is 5.81. The van der Waals surface area contributed by atoms with Crippen molar-refractivity contribution in [3.63, 3.8) is 0 Å². The van der Waals surface area contributed by atoms with Crippen molar-refractivity contribution in [3.8, 4) is 5.75 Å². The van der Waals surface area contributed by atoms with Gasteiger partial charge >= 0.3 is 5.97 Å². The van der Waals surface area contributed by atoms with Gasteiger partial charge in [-0.1, -0.05) is 19.1 Å². The molecule has 2 rings (SSSR count). The molecule has 120 valence electrons. The van der Waals surface area contributed by atoms with Crippen LogP contribution in [0.25, 0.3) is 0 Å². The number of ether oxygens (including phenoxy) is 1. The summed E-state index contributed by atoms with van der Waals surface area (Å²) in [6.07, 6.45) is 3.27. The van der Waals surface area contributed by atoms with Gasteiger partial charge < -0.3 is 14.7 Å². The molecule has 1 N–H and O–H groups in total. The monoisotopic (exact) mass is 305 g/mol. The van der Waals surface area contributed by atoms with Crippen LogP contribution in [0, 0.1) is 0 Å². The smallest absolute Gasteiger partial charge is 0.326 e. The first-order valence-electron chi connectivity index (χ1n) is 7.86. The van der Waals surface area contributed by atoms with Gasteiger partial charge in [-0.3, -0.25) is 4.79 Å². The zero-order chi connectivity index (χ0) is 15.9. The van der Waals surface area contributed by atoms with Crippen molar-refractivity contribution in [3.05, 3.63) is 29.8 Å². The van der Waals surface area contributed by atoms with E-state index in [2.05, 4.69) is 6.92 Å². The molecule has 1 unspecified atom stereocenters. The van der Waals surface area contributed by atoms with Gasteiger partial charge in [0.2, 0.25) is 5.91 Å². The molecular weight excluding hydrogens is 282 g/mol. The van der Waals surface area contributed by atoms with Crippen molar-refractivity contribution in [1.29, 1.82) is 0 Å². The van der Waals surface area contributed by atoms with Gasteiger partial charge in [0.15, 0.2) is 0 Å². The summed E-state index contributed by atoms with van der Waals surface area (Å²) < 4.78 is 5.52. The predicted molar refractivity (Wildman–Crippen MR) is 82.9 cm³/mol. The molecule has 0 spiro atoms. The molecule has 0 saturated carbocycles. The highest BCUT2D eigenvalue weighted by atomic mass is 16.5. The lowest BCUT2D eigenvalue weighted by molar-refractivity contribution is -0.148. The summed E-state index contributed by atoms with van der Waals surface area (Å²) in [4.78, 5) is 24.8. The number of aliphatic carboxylic acids is 1. The van der Waals surface area contributed by atoms with E-state index in [0.717, 1.165) is 24.2 Å². The zero-order valence-corrected chi connectivity index (χ0v) is 13.0. The lowest BCUT2D eigenvalue weighted by Gasteiger charge is -2.21. The number of nitrogens with zero attached hydrogens (tertiary/aromatic N) is 1. The average Bonchev–Trinajstić information content (AvgIpc) is 3.01. The Labute approximate surface area is 130 Å².